The van der Waals surface area contributed by atoms with Gasteiger partial charge in [-0.25, -0.2) is 0 Å². The highest BCUT2D eigenvalue weighted by Crippen LogP contribution is 2.46. The molecular formula is C15H14Br2O2. The molecule has 0 N–H and O–H groups in total. The summed E-state index contributed by atoms with van der Waals surface area (Å²) in [6, 6.07) is 7.36. The molecule has 0 aliphatic heterocycles. The first-order chi connectivity index (χ1) is 9.14. The van der Waals surface area contributed by atoms with Crippen LogP contribution >= 0.6 is 31.9 Å². The van der Waals surface area contributed by atoms with Gasteiger partial charge in [-0.2, -0.15) is 0 Å². The molecule has 1 aromatic heterocycles. The van der Waals surface area contributed by atoms with Crippen LogP contribution in [0.4, 0.5) is 0 Å². The van der Waals surface area contributed by atoms with Crippen LogP contribution in [-0.4, -0.2) is 0 Å². The van der Waals surface area contributed by atoms with Gasteiger partial charge in [-0.15, -0.1) is 0 Å². The van der Waals surface area contributed by atoms with Crippen molar-refractivity contribution in [1.82, 2.24) is 0 Å². The van der Waals surface area contributed by atoms with Crippen LogP contribution in [0.1, 0.15) is 37.0 Å². The first-order valence-electron chi connectivity index (χ1n) is 6.45. The van der Waals surface area contributed by atoms with E-state index < -0.39 is 0 Å². The van der Waals surface area contributed by atoms with Gasteiger partial charge in [0.15, 0.2) is 5.43 Å². The molecule has 1 aliphatic carbocycles. The summed E-state index contributed by atoms with van der Waals surface area (Å²) < 4.78 is 5.92. The van der Waals surface area contributed by atoms with Crippen LogP contribution in [0, 0.1) is 0 Å². The van der Waals surface area contributed by atoms with Gasteiger partial charge in [0.1, 0.15) is 11.3 Å². The quantitative estimate of drug-likeness (QED) is 0.691. The maximum Gasteiger partial charge on any atom is 0.193 e. The number of fused-ring (bicyclic) bond motifs is 1. The van der Waals surface area contributed by atoms with E-state index in [9.17, 15) is 4.79 Å². The van der Waals surface area contributed by atoms with Crippen molar-refractivity contribution in [3.8, 4) is 0 Å². The Morgan fingerprint density at radius 2 is 2.00 bits per heavy atom. The zero-order valence-electron chi connectivity index (χ0n) is 10.4. The van der Waals surface area contributed by atoms with Gasteiger partial charge in [0, 0.05) is 17.0 Å². The zero-order valence-corrected chi connectivity index (χ0v) is 13.6. The normalized spacial score (nSPS) is 18.0. The molecule has 2 nitrogen and oxygen atoms in total. The molecule has 4 heteroatoms. The van der Waals surface area contributed by atoms with Crippen LogP contribution in [0.25, 0.3) is 11.0 Å². The number of hydrogen-bond acceptors (Lipinski definition) is 2. The molecule has 0 radical (unpaired) electrons. The minimum absolute atomic E-state index is 0.0461. The average molecular weight is 386 g/mol. The molecular weight excluding hydrogens is 372 g/mol. The van der Waals surface area contributed by atoms with E-state index in [4.69, 9.17) is 4.42 Å². The van der Waals surface area contributed by atoms with Crippen LogP contribution in [0.3, 0.4) is 0 Å². The molecule has 1 aliphatic rings. The zero-order chi connectivity index (χ0) is 13.5. The van der Waals surface area contributed by atoms with Crippen molar-refractivity contribution in [2.45, 2.75) is 35.3 Å². The lowest BCUT2D eigenvalue weighted by Gasteiger charge is -2.20. The Kier molecular flexibility index (Phi) is 3.56. The summed E-state index contributed by atoms with van der Waals surface area (Å²) in [5, 5.41) is 1.35. The fourth-order valence-corrected chi connectivity index (χ4v) is 3.94. The summed E-state index contributed by atoms with van der Waals surface area (Å²) in [7, 11) is 0. The van der Waals surface area contributed by atoms with Crippen molar-refractivity contribution in [2.24, 2.45) is 0 Å². The Balaban J connectivity index is 2.26. The molecule has 1 fully saturated rings. The van der Waals surface area contributed by atoms with Gasteiger partial charge in [-0.3, -0.25) is 4.79 Å². The second kappa shape index (κ2) is 5.06. The van der Waals surface area contributed by atoms with E-state index in [2.05, 4.69) is 31.9 Å². The summed E-state index contributed by atoms with van der Waals surface area (Å²) in [5.74, 6) is 0.774. The Hall–Kier alpha value is -0.610. The predicted molar refractivity (Wildman–Crippen MR) is 84.2 cm³/mol. The van der Waals surface area contributed by atoms with E-state index >= 15 is 0 Å². The standard InChI is InChI=1S/C15H14Br2O2/c16-9-10-4-3-5-11-12(18)8-13(19-14(10)11)15(17)6-1-2-7-15/h3-5,8H,1-2,6-7,9H2. The maximum atomic E-state index is 12.3. The molecule has 1 heterocycles. The Morgan fingerprint density at radius 1 is 1.26 bits per heavy atom. The summed E-state index contributed by atoms with van der Waals surface area (Å²) in [6.07, 6.45) is 4.40. The fourth-order valence-electron chi connectivity index (χ4n) is 2.74. The van der Waals surface area contributed by atoms with Crippen LogP contribution in [0.5, 0.6) is 0 Å². The predicted octanol–water partition coefficient (Wildman–Crippen LogP) is 4.85. The maximum absolute atomic E-state index is 12.3. The third kappa shape index (κ3) is 2.29. The molecule has 2 aromatic rings. The van der Waals surface area contributed by atoms with E-state index in [1.165, 1.54) is 12.8 Å². The average Bonchev–Trinajstić information content (AvgIpc) is 2.86. The Morgan fingerprint density at radius 3 is 2.68 bits per heavy atom. The Bertz CT molecular complexity index is 669. The summed E-state index contributed by atoms with van der Waals surface area (Å²) >= 11 is 7.23. The molecule has 1 saturated carbocycles. The first-order valence-corrected chi connectivity index (χ1v) is 8.37. The second-order valence-corrected chi connectivity index (χ2v) is 7.15. The van der Waals surface area contributed by atoms with Crippen LogP contribution in [-0.2, 0) is 9.65 Å². The van der Waals surface area contributed by atoms with Gasteiger partial charge in [0.25, 0.3) is 0 Å². The van der Waals surface area contributed by atoms with Crippen molar-refractivity contribution in [3.05, 3.63) is 45.8 Å². The number of rotatable bonds is 2. The smallest absolute Gasteiger partial charge is 0.193 e. The van der Waals surface area contributed by atoms with Gasteiger partial charge in [0.2, 0.25) is 0 Å². The van der Waals surface area contributed by atoms with E-state index in [1.807, 2.05) is 18.2 Å². The lowest BCUT2D eigenvalue weighted by molar-refractivity contribution is 0.460. The van der Waals surface area contributed by atoms with E-state index in [0.717, 1.165) is 24.2 Å². The number of benzene rings is 1. The lowest BCUT2D eigenvalue weighted by atomic mass is 10.0. The lowest BCUT2D eigenvalue weighted by Crippen LogP contribution is -2.16. The Labute approximate surface area is 128 Å². The van der Waals surface area contributed by atoms with Gasteiger partial charge in [-0.1, -0.05) is 56.8 Å². The summed E-state index contributed by atoms with van der Waals surface area (Å²) in [6.45, 7) is 0. The SMILES string of the molecule is O=c1cc(C2(Br)CCCC2)oc2c(CBr)cccc12. The third-order valence-electron chi connectivity index (χ3n) is 3.82. The van der Waals surface area contributed by atoms with E-state index in [-0.39, 0.29) is 9.75 Å². The molecule has 3 rings (SSSR count). The largest absolute Gasteiger partial charge is 0.459 e. The molecule has 0 unspecified atom stereocenters. The second-order valence-electron chi connectivity index (χ2n) is 5.07. The monoisotopic (exact) mass is 384 g/mol. The molecule has 0 spiro atoms. The highest BCUT2D eigenvalue weighted by atomic mass is 79.9. The number of alkyl halides is 2. The number of para-hydroxylation sites is 1. The van der Waals surface area contributed by atoms with Gasteiger partial charge >= 0.3 is 0 Å². The van der Waals surface area contributed by atoms with Crippen molar-refractivity contribution >= 4 is 42.8 Å². The molecule has 0 atom stereocenters. The van der Waals surface area contributed by atoms with Crippen LogP contribution < -0.4 is 5.43 Å². The first kappa shape index (κ1) is 13.4. The molecule has 0 amide bonds. The topological polar surface area (TPSA) is 30.2 Å². The molecule has 19 heavy (non-hydrogen) atoms. The van der Waals surface area contributed by atoms with E-state index in [1.54, 1.807) is 6.07 Å². The molecule has 1 aromatic carbocycles. The van der Waals surface area contributed by atoms with Crippen LogP contribution in [0.2, 0.25) is 0 Å². The highest BCUT2D eigenvalue weighted by Gasteiger charge is 2.35. The number of hydrogen-bond donors (Lipinski definition) is 0. The minimum Gasteiger partial charge on any atom is -0.459 e. The molecule has 0 saturated heterocycles. The molecule has 100 valence electrons. The highest BCUT2D eigenvalue weighted by molar-refractivity contribution is 9.09. The van der Waals surface area contributed by atoms with E-state index in [0.29, 0.717) is 16.3 Å². The minimum atomic E-state index is -0.153. The third-order valence-corrected chi connectivity index (χ3v) is 5.61. The van der Waals surface area contributed by atoms with Gasteiger partial charge in [0.05, 0.1) is 9.71 Å². The van der Waals surface area contributed by atoms with Crippen LogP contribution in [0.15, 0.2) is 33.5 Å². The van der Waals surface area contributed by atoms with Crippen molar-refractivity contribution in [3.63, 3.8) is 0 Å². The van der Waals surface area contributed by atoms with Crippen molar-refractivity contribution in [1.29, 1.82) is 0 Å². The number of halogens is 2. The van der Waals surface area contributed by atoms with Crippen molar-refractivity contribution < 1.29 is 4.42 Å². The van der Waals surface area contributed by atoms with Gasteiger partial charge in [-0.05, 0) is 18.9 Å². The summed E-state index contributed by atoms with van der Waals surface area (Å²) in [4.78, 5) is 12.3. The van der Waals surface area contributed by atoms with Gasteiger partial charge < -0.3 is 4.42 Å². The summed E-state index contributed by atoms with van der Waals surface area (Å²) in [5.41, 5.74) is 1.78. The molecule has 0 bridgehead atoms. The fraction of sp³-hybridized carbons (Fsp3) is 0.400. The van der Waals surface area contributed by atoms with Crippen molar-refractivity contribution in [2.75, 3.05) is 0 Å².